The highest BCUT2D eigenvalue weighted by Gasteiger charge is 2.35. The van der Waals surface area contributed by atoms with Crippen molar-refractivity contribution in [1.82, 2.24) is 14.3 Å². The summed E-state index contributed by atoms with van der Waals surface area (Å²) in [5, 5.41) is 4.73. The lowest BCUT2D eigenvalue weighted by atomic mass is 10.0. The van der Waals surface area contributed by atoms with Gasteiger partial charge in [0.25, 0.3) is 0 Å². The molecule has 0 saturated carbocycles. The van der Waals surface area contributed by atoms with Crippen molar-refractivity contribution >= 4 is 16.6 Å². The number of hydrogen-bond acceptors (Lipinski definition) is 1. The van der Waals surface area contributed by atoms with Gasteiger partial charge in [-0.15, -0.1) is 0 Å². The third-order valence-corrected chi connectivity index (χ3v) is 4.93. The van der Waals surface area contributed by atoms with Gasteiger partial charge in [0.1, 0.15) is 0 Å². The van der Waals surface area contributed by atoms with Crippen LogP contribution < -0.4 is 0 Å². The van der Waals surface area contributed by atoms with Crippen LogP contribution in [0, 0.1) is 0 Å². The zero-order valence-corrected chi connectivity index (χ0v) is 14.6. The van der Waals surface area contributed by atoms with Crippen LogP contribution in [-0.4, -0.2) is 14.3 Å². The van der Waals surface area contributed by atoms with Crippen LogP contribution in [0.2, 0.25) is 0 Å². The Morgan fingerprint density at radius 1 is 1.12 bits per heavy atom. The molecule has 26 heavy (non-hydrogen) atoms. The number of benzene rings is 1. The topological polar surface area (TPSA) is 22.8 Å². The summed E-state index contributed by atoms with van der Waals surface area (Å²) >= 11 is 0. The standard InChI is InChI=1S/C20H20F3N3/c1-2-26-18(13-19(24-26)20(21,22)23)14-8-9-17-15(12-14)10-11-25(17)16-6-4-3-5-7-16/h6,8-13H,2-5,7H2,1H3. The highest BCUT2D eigenvalue weighted by molar-refractivity contribution is 5.87. The SMILES string of the molecule is CCn1nc(C(F)(F)F)cc1-c1ccc2c(ccn2C2=CCCCC2)c1. The minimum atomic E-state index is -4.43. The third kappa shape index (κ3) is 2.93. The molecule has 0 spiro atoms. The van der Waals surface area contributed by atoms with Gasteiger partial charge in [0.15, 0.2) is 5.69 Å². The Hall–Kier alpha value is -2.50. The van der Waals surface area contributed by atoms with E-state index in [2.05, 4.69) is 15.7 Å². The molecule has 0 unspecified atom stereocenters. The zero-order valence-electron chi connectivity index (χ0n) is 14.6. The van der Waals surface area contributed by atoms with Gasteiger partial charge in [0.2, 0.25) is 0 Å². The first-order valence-corrected chi connectivity index (χ1v) is 8.93. The molecule has 3 nitrogen and oxygen atoms in total. The summed E-state index contributed by atoms with van der Waals surface area (Å²) in [5.41, 5.74) is 2.78. The Bertz CT molecular complexity index is 976. The first-order chi connectivity index (χ1) is 12.5. The van der Waals surface area contributed by atoms with Gasteiger partial charge >= 0.3 is 6.18 Å². The van der Waals surface area contributed by atoms with Crippen molar-refractivity contribution < 1.29 is 13.2 Å². The molecule has 0 fully saturated rings. The summed E-state index contributed by atoms with van der Waals surface area (Å²) in [7, 11) is 0. The lowest BCUT2D eigenvalue weighted by Gasteiger charge is -2.15. The molecule has 0 bridgehead atoms. The van der Waals surface area contributed by atoms with Gasteiger partial charge in [-0.2, -0.15) is 18.3 Å². The number of rotatable bonds is 3. The van der Waals surface area contributed by atoms with Crippen molar-refractivity contribution in [3.05, 3.63) is 48.3 Å². The monoisotopic (exact) mass is 359 g/mol. The lowest BCUT2D eigenvalue weighted by molar-refractivity contribution is -0.141. The van der Waals surface area contributed by atoms with E-state index in [0.29, 0.717) is 12.2 Å². The van der Waals surface area contributed by atoms with Crippen LogP contribution in [0.4, 0.5) is 13.2 Å². The van der Waals surface area contributed by atoms with Crippen molar-refractivity contribution in [2.45, 2.75) is 45.3 Å². The fraction of sp³-hybridized carbons (Fsp3) is 0.350. The molecule has 136 valence electrons. The van der Waals surface area contributed by atoms with E-state index in [4.69, 9.17) is 0 Å². The second kappa shape index (κ2) is 6.34. The number of halogens is 3. The van der Waals surface area contributed by atoms with Gasteiger partial charge in [-0.05, 0) is 56.9 Å². The molecule has 0 N–H and O–H groups in total. The summed E-state index contributed by atoms with van der Waals surface area (Å²) in [5.74, 6) is 0. The van der Waals surface area contributed by atoms with Gasteiger partial charge in [0, 0.05) is 29.4 Å². The number of alkyl halides is 3. The van der Waals surface area contributed by atoms with E-state index >= 15 is 0 Å². The fourth-order valence-electron chi connectivity index (χ4n) is 3.62. The Kier molecular flexibility index (Phi) is 4.13. The highest BCUT2D eigenvalue weighted by Crippen LogP contribution is 2.34. The van der Waals surface area contributed by atoms with Crippen molar-refractivity contribution in [2.75, 3.05) is 0 Å². The average molecular weight is 359 g/mol. The van der Waals surface area contributed by atoms with Crippen LogP contribution in [0.15, 0.2) is 42.6 Å². The maximum Gasteiger partial charge on any atom is 0.435 e. The van der Waals surface area contributed by atoms with Crippen LogP contribution in [0.5, 0.6) is 0 Å². The van der Waals surface area contributed by atoms with Gasteiger partial charge in [-0.3, -0.25) is 4.68 Å². The number of nitrogens with zero attached hydrogens (tertiary/aromatic N) is 3. The largest absolute Gasteiger partial charge is 0.435 e. The molecular formula is C20H20F3N3. The quantitative estimate of drug-likeness (QED) is 0.566. The first kappa shape index (κ1) is 16.9. The van der Waals surface area contributed by atoms with Crippen molar-refractivity contribution in [2.24, 2.45) is 0 Å². The van der Waals surface area contributed by atoms with Crippen molar-refractivity contribution in [1.29, 1.82) is 0 Å². The van der Waals surface area contributed by atoms with Crippen LogP contribution in [-0.2, 0) is 12.7 Å². The van der Waals surface area contributed by atoms with Crippen molar-refractivity contribution in [3.63, 3.8) is 0 Å². The molecule has 0 saturated heterocycles. The molecule has 0 aliphatic heterocycles. The molecule has 3 aromatic rings. The highest BCUT2D eigenvalue weighted by atomic mass is 19.4. The summed E-state index contributed by atoms with van der Waals surface area (Å²) in [6, 6.07) is 8.96. The second-order valence-electron chi connectivity index (χ2n) is 6.63. The molecule has 2 heterocycles. The summed E-state index contributed by atoms with van der Waals surface area (Å²) < 4.78 is 42.6. The van der Waals surface area contributed by atoms with Crippen LogP contribution in [0.25, 0.3) is 27.9 Å². The van der Waals surface area contributed by atoms with E-state index in [9.17, 15) is 13.2 Å². The molecule has 4 rings (SSSR count). The van der Waals surface area contributed by atoms with Gasteiger partial charge in [-0.25, -0.2) is 0 Å². The van der Waals surface area contributed by atoms with E-state index in [-0.39, 0.29) is 0 Å². The van der Waals surface area contributed by atoms with E-state index in [1.165, 1.54) is 23.2 Å². The van der Waals surface area contributed by atoms with Crippen molar-refractivity contribution in [3.8, 4) is 11.3 Å². The van der Waals surface area contributed by atoms with Crippen LogP contribution >= 0.6 is 0 Å². The van der Waals surface area contributed by atoms with Crippen LogP contribution in [0.1, 0.15) is 38.3 Å². The number of fused-ring (bicyclic) bond motifs is 1. The number of aromatic nitrogens is 3. The van der Waals surface area contributed by atoms with E-state index in [1.807, 2.05) is 30.5 Å². The Labute approximate surface area is 149 Å². The summed E-state index contributed by atoms with van der Waals surface area (Å²) in [6.45, 7) is 2.18. The maximum absolute atomic E-state index is 13.0. The number of allylic oxidation sites excluding steroid dienone is 2. The second-order valence-corrected chi connectivity index (χ2v) is 6.63. The molecule has 0 radical (unpaired) electrons. The molecule has 2 aromatic heterocycles. The first-order valence-electron chi connectivity index (χ1n) is 8.93. The lowest BCUT2D eigenvalue weighted by Crippen LogP contribution is -2.07. The van der Waals surface area contributed by atoms with Gasteiger partial charge in [0.05, 0.1) is 11.2 Å². The minimum absolute atomic E-state index is 0.386. The Morgan fingerprint density at radius 2 is 1.96 bits per heavy atom. The Balaban J connectivity index is 1.77. The predicted molar refractivity (Wildman–Crippen MR) is 96.6 cm³/mol. The zero-order chi connectivity index (χ0) is 18.3. The van der Waals surface area contributed by atoms with E-state index in [1.54, 1.807) is 6.92 Å². The number of hydrogen-bond donors (Lipinski definition) is 0. The molecule has 1 aliphatic carbocycles. The molecular weight excluding hydrogens is 339 g/mol. The molecule has 1 aliphatic rings. The number of aryl methyl sites for hydroxylation is 1. The van der Waals surface area contributed by atoms with Crippen LogP contribution in [0.3, 0.4) is 0 Å². The fourth-order valence-corrected chi connectivity index (χ4v) is 3.62. The van der Waals surface area contributed by atoms with E-state index < -0.39 is 11.9 Å². The molecule has 1 aromatic carbocycles. The third-order valence-electron chi connectivity index (χ3n) is 4.93. The normalized spacial score (nSPS) is 15.5. The molecule has 0 amide bonds. The van der Waals surface area contributed by atoms with Gasteiger partial charge in [-0.1, -0.05) is 12.1 Å². The summed E-state index contributed by atoms with van der Waals surface area (Å²) in [6.07, 6.45) is 4.47. The molecule has 0 atom stereocenters. The predicted octanol–water partition coefficient (Wildman–Crippen LogP) is 5.96. The van der Waals surface area contributed by atoms with E-state index in [0.717, 1.165) is 35.4 Å². The average Bonchev–Trinajstić information content (AvgIpc) is 3.25. The maximum atomic E-state index is 13.0. The van der Waals surface area contributed by atoms with Gasteiger partial charge < -0.3 is 4.57 Å². The smallest absolute Gasteiger partial charge is 0.321 e. The Morgan fingerprint density at radius 3 is 2.65 bits per heavy atom. The minimum Gasteiger partial charge on any atom is -0.321 e. The molecule has 6 heteroatoms. The summed E-state index contributed by atoms with van der Waals surface area (Å²) in [4.78, 5) is 0.